The van der Waals surface area contributed by atoms with Crippen molar-refractivity contribution in [1.82, 2.24) is 15.1 Å². The summed E-state index contributed by atoms with van der Waals surface area (Å²) >= 11 is 0. The number of carbonyl (C=O) groups excluding carboxylic acids is 3. The fourth-order valence-corrected chi connectivity index (χ4v) is 5.05. The van der Waals surface area contributed by atoms with Crippen LogP contribution in [0.25, 0.3) is 0 Å². The Morgan fingerprint density at radius 3 is 2.52 bits per heavy atom. The molecule has 6 heteroatoms. The summed E-state index contributed by atoms with van der Waals surface area (Å²) in [5.41, 5.74) is 3.62. The summed E-state index contributed by atoms with van der Waals surface area (Å²) in [5, 5.41) is 2.77. The average molecular weight is 398 g/mol. The van der Waals surface area contributed by atoms with E-state index in [2.05, 4.69) is 37.4 Å². The van der Waals surface area contributed by atoms with Crippen LogP contribution in [0.5, 0.6) is 0 Å². The lowest BCUT2D eigenvalue weighted by atomic mass is 9.94. The van der Waals surface area contributed by atoms with Gasteiger partial charge in [0.15, 0.2) is 0 Å². The summed E-state index contributed by atoms with van der Waals surface area (Å²) in [6.07, 6.45) is 6.97. The largest absolute Gasteiger partial charge is 0.336 e. The number of aryl methyl sites for hydroxylation is 2. The fraction of sp³-hybridized carbons (Fsp3) is 0.609. The molecule has 3 fully saturated rings. The van der Waals surface area contributed by atoms with Crippen molar-refractivity contribution >= 4 is 17.8 Å². The molecule has 1 aliphatic carbocycles. The molecule has 6 nitrogen and oxygen atoms in total. The molecule has 1 N–H and O–H groups in total. The van der Waals surface area contributed by atoms with E-state index >= 15 is 0 Å². The van der Waals surface area contributed by atoms with Crippen LogP contribution in [0.1, 0.15) is 74.1 Å². The van der Waals surface area contributed by atoms with Gasteiger partial charge in [0, 0.05) is 12.6 Å². The molecule has 1 aromatic rings. The second-order valence-corrected chi connectivity index (χ2v) is 8.80. The molecule has 2 atom stereocenters. The number of imide groups is 1. The first-order valence-electron chi connectivity index (χ1n) is 11.0. The first-order chi connectivity index (χ1) is 14.0. The average Bonchev–Trinajstić information content (AvgIpc) is 3.30. The van der Waals surface area contributed by atoms with Crippen molar-refractivity contribution in [2.75, 3.05) is 6.54 Å². The predicted molar refractivity (Wildman–Crippen MR) is 110 cm³/mol. The van der Waals surface area contributed by atoms with Crippen molar-refractivity contribution < 1.29 is 14.4 Å². The Labute approximate surface area is 172 Å². The zero-order valence-electron chi connectivity index (χ0n) is 17.4. The summed E-state index contributed by atoms with van der Waals surface area (Å²) in [6.45, 7) is 4.88. The minimum Gasteiger partial charge on any atom is -0.336 e. The third-order valence-electron chi connectivity index (χ3n) is 6.86. The van der Waals surface area contributed by atoms with Gasteiger partial charge in [0.25, 0.3) is 5.91 Å². The van der Waals surface area contributed by atoms with Crippen LogP contribution in [0.4, 0.5) is 4.79 Å². The van der Waals surface area contributed by atoms with Crippen molar-refractivity contribution in [2.24, 2.45) is 0 Å². The van der Waals surface area contributed by atoms with Gasteiger partial charge >= 0.3 is 6.03 Å². The highest BCUT2D eigenvalue weighted by atomic mass is 16.2. The third-order valence-corrected chi connectivity index (χ3v) is 6.86. The summed E-state index contributed by atoms with van der Waals surface area (Å²) in [6, 6.07) is 5.37. The first kappa shape index (κ1) is 19.9. The van der Waals surface area contributed by atoms with E-state index in [-0.39, 0.29) is 36.3 Å². The topological polar surface area (TPSA) is 69.7 Å². The van der Waals surface area contributed by atoms with Crippen LogP contribution in [-0.4, -0.2) is 46.3 Å². The van der Waals surface area contributed by atoms with Gasteiger partial charge in [-0.2, -0.15) is 0 Å². The molecule has 29 heavy (non-hydrogen) atoms. The van der Waals surface area contributed by atoms with E-state index in [0.717, 1.165) is 50.5 Å². The van der Waals surface area contributed by atoms with Crippen molar-refractivity contribution in [3.05, 3.63) is 34.9 Å². The van der Waals surface area contributed by atoms with Gasteiger partial charge in [-0.15, -0.1) is 0 Å². The van der Waals surface area contributed by atoms with Crippen molar-refractivity contribution in [2.45, 2.75) is 83.3 Å². The zero-order valence-corrected chi connectivity index (χ0v) is 17.4. The standard InChI is InChI=1S/C23H31N3O3/c1-15-10-11-17(13-16(15)2)20-9-6-12-25(20)21(27)14-19-22(28)26(23(29)24-19)18-7-4-3-5-8-18/h10-11,13,18-20H,3-9,12,14H2,1-2H3,(H,24,29)/t19-,20+/m1/s1. The Balaban J connectivity index is 1.43. The highest BCUT2D eigenvalue weighted by molar-refractivity contribution is 6.06. The highest BCUT2D eigenvalue weighted by Crippen LogP contribution is 2.34. The Morgan fingerprint density at radius 2 is 1.79 bits per heavy atom. The Kier molecular flexibility index (Phi) is 5.61. The monoisotopic (exact) mass is 397 g/mol. The maximum absolute atomic E-state index is 13.1. The maximum Gasteiger partial charge on any atom is 0.325 e. The second-order valence-electron chi connectivity index (χ2n) is 8.80. The molecule has 2 aliphatic heterocycles. The van der Waals surface area contributed by atoms with Crippen LogP contribution < -0.4 is 5.32 Å². The molecular weight excluding hydrogens is 366 g/mol. The van der Waals surface area contributed by atoms with E-state index in [4.69, 9.17) is 0 Å². The fourth-order valence-electron chi connectivity index (χ4n) is 5.05. The lowest BCUT2D eigenvalue weighted by molar-refractivity contribution is -0.137. The van der Waals surface area contributed by atoms with Gasteiger partial charge in [0.2, 0.25) is 5.91 Å². The number of amides is 4. The molecule has 4 rings (SSSR count). The highest BCUT2D eigenvalue weighted by Gasteiger charge is 2.44. The minimum absolute atomic E-state index is 0.00794. The van der Waals surface area contributed by atoms with Gasteiger partial charge < -0.3 is 10.2 Å². The Hall–Kier alpha value is -2.37. The number of nitrogens with one attached hydrogen (secondary N) is 1. The minimum atomic E-state index is -0.724. The van der Waals surface area contributed by atoms with E-state index in [0.29, 0.717) is 6.54 Å². The zero-order chi connectivity index (χ0) is 20.5. The van der Waals surface area contributed by atoms with Crippen LogP contribution in [-0.2, 0) is 9.59 Å². The molecule has 0 unspecified atom stereocenters. The Morgan fingerprint density at radius 1 is 1.03 bits per heavy atom. The molecule has 0 radical (unpaired) electrons. The van der Waals surface area contributed by atoms with Gasteiger partial charge in [-0.3, -0.25) is 14.5 Å². The van der Waals surface area contributed by atoms with Crippen molar-refractivity contribution in [1.29, 1.82) is 0 Å². The van der Waals surface area contributed by atoms with E-state index in [1.807, 2.05) is 4.90 Å². The lowest BCUT2D eigenvalue weighted by Gasteiger charge is -2.29. The quantitative estimate of drug-likeness (QED) is 0.789. The molecule has 0 spiro atoms. The number of likely N-dealkylation sites (tertiary alicyclic amines) is 1. The normalized spacial score (nSPS) is 25.6. The molecule has 2 heterocycles. The van der Waals surface area contributed by atoms with Gasteiger partial charge in [-0.05, 0) is 56.2 Å². The van der Waals surface area contributed by atoms with Crippen LogP contribution in [0.15, 0.2) is 18.2 Å². The number of carbonyl (C=O) groups is 3. The Bertz CT molecular complexity index is 816. The molecule has 1 aromatic carbocycles. The second kappa shape index (κ2) is 8.17. The van der Waals surface area contributed by atoms with Gasteiger partial charge in [-0.25, -0.2) is 4.79 Å². The number of nitrogens with zero attached hydrogens (tertiary/aromatic N) is 2. The van der Waals surface area contributed by atoms with Crippen molar-refractivity contribution in [3.8, 4) is 0 Å². The van der Waals surface area contributed by atoms with E-state index < -0.39 is 6.04 Å². The predicted octanol–water partition coefficient (Wildman–Crippen LogP) is 3.61. The number of urea groups is 1. The summed E-state index contributed by atoms with van der Waals surface area (Å²) in [7, 11) is 0. The van der Waals surface area contributed by atoms with E-state index in [1.54, 1.807) is 0 Å². The number of hydrogen-bond donors (Lipinski definition) is 1. The maximum atomic E-state index is 13.1. The third kappa shape index (κ3) is 3.89. The van der Waals surface area contributed by atoms with Crippen LogP contribution in [0.2, 0.25) is 0 Å². The summed E-state index contributed by atoms with van der Waals surface area (Å²) < 4.78 is 0. The molecule has 0 bridgehead atoms. The summed E-state index contributed by atoms with van der Waals surface area (Å²) in [5.74, 6) is -0.271. The number of hydrogen-bond acceptors (Lipinski definition) is 3. The van der Waals surface area contributed by atoms with Gasteiger partial charge in [0.1, 0.15) is 6.04 Å². The van der Waals surface area contributed by atoms with Crippen molar-refractivity contribution in [3.63, 3.8) is 0 Å². The first-order valence-corrected chi connectivity index (χ1v) is 11.0. The van der Waals surface area contributed by atoms with Crippen LogP contribution in [0, 0.1) is 13.8 Å². The molecule has 156 valence electrons. The van der Waals surface area contributed by atoms with Crippen LogP contribution >= 0.6 is 0 Å². The molecule has 4 amide bonds. The molecule has 1 saturated carbocycles. The van der Waals surface area contributed by atoms with E-state index in [1.165, 1.54) is 16.0 Å². The lowest BCUT2D eigenvalue weighted by Crippen LogP contribution is -2.42. The van der Waals surface area contributed by atoms with Crippen LogP contribution in [0.3, 0.4) is 0 Å². The number of benzene rings is 1. The molecule has 3 aliphatic rings. The SMILES string of the molecule is Cc1ccc([C@@H]2CCCN2C(=O)C[C@H]2NC(=O)N(C3CCCCC3)C2=O)cc1C. The molecule has 0 aromatic heterocycles. The smallest absolute Gasteiger partial charge is 0.325 e. The van der Waals surface area contributed by atoms with E-state index in [9.17, 15) is 14.4 Å². The molecule has 2 saturated heterocycles. The van der Waals surface area contributed by atoms with Gasteiger partial charge in [-0.1, -0.05) is 37.5 Å². The van der Waals surface area contributed by atoms with Gasteiger partial charge in [0.05, 0.1) is 12.5 Å². The molecular formula is C23H31N3O3. The number of rotatable bonds is 4. The summed E-state index contributed by atoms with van der Waals surface area (Å²) in [4.78, 5) is 41.7.